The average Bonchev–Trinajstić information content (AvgIpc) is 2.78. The van der Waals surface area contributed by atoms with Gasteiger partial charge in [-0.25, -0.2) is 13.4 Å². The number of aromatic nitrogens is 1. The van der Waals surface area contributed by atoms with Crippen molar-refractivity contribution >= 4 is 27.0 Å². The fourth-order valence-corrected chi connectivity index (χ4v) is 3.79. The van der Waals surface area contributed by atoms with E-state index in [0.717, 1.165) is 11.3 Å². The van der Waals surface area contributed by atoms with Crippen molar-refractivity contribution in [3.63, 3.8) is 0 Å². The summed E-state index contributed by atoms with van der Waals surface area (Å²) in [5.74, 6) is -0.273. The predicted molar refractivity (Wildman–Crippen MR) is 70.5 cm³/mol. The van der Waals surface area contributed by atoms with Crippen LogP contribution in [0.4, 0.5) is 0 Å². The van der Waals surface area contributed by atoms with E-state index >= 15 is 0 Å². The lowest BCUT2D eigenvalue weighted by Gasteiger charge is -2.01. The number of benzene rings is 1. The topological polar surface area (TPSA) is 96.9 Å². The number of hydrogen-bond acceptors (Lipinski definition) is 5. The van der Waals surface area contributed by atoms with Crippen LogP contribution in [-0.2, 0) is 15.6 Å². The number of hydrogen-bond donors (Lipinski definition) is 2. The highest BCUT2D eigenvalue weighted by Crippen LogP contribution is 2.19. The molecule has 2 rings (SSSR count). The van der Waals surface area contributed by atoms with E-state index < -0.39 is 9.84 Å². The van der Waals surface area contributed by atoms with Crippen molar-refractivity contribution in [2.45, 2.75) is 10.6 Å². The van der Waals surface area contributed by atoms with E-state index in [1.54, 1.807) is 30.3 Å². The molecule has 94 valence electrons. The van der Waals surface area contributed by atoms with E-state index in [-0.39, 0.29) is 16.5 Å². The summed E-state index contributed by atoms with van der Waals surface area (Å²) >= 11 is 1.12. The maximum absolute atomic E-state index is 12.1. The van der Waals surface area contributed by atoms with Crippen molar-refractivity contribution < 1.29 is 8.42 Å². The number of nitrogen functional groups attached to an aromatic ring is 1. The summed E-state index contributed by atoms with van der Waals surface area (Å²) in [4.78, 5) is 4.71. The molecule has 0 saturated carbocycles. The molecule has 2 aromatic rings. The number of nitrogens with two attached hydrogens (primary N) is 1. The molecule has 0 radical (unpaired) electrons. The minimum atomic E-state index is -3.39. The number of nitrogens with zero attached hydrogens (tertiary/aromatic N) is 1. The van der Waals surface area contributed by atoms with Gasteiger partial charge in [-0.3, -0.25) is 5.41 Å². The van der Waals surface area contributed by atoms with Gasteiger partial charge in [-0.05, 0) is 12.1 Å². The summed E-state index contributed by atoms with van der Waals surface area (Å²) in [6, 6.07) is 8.21. The van der Waals surface area contributed by atoms with Gasteiger partial charge in [-0.1, -0.05) is 18.2 Å². The fourth-order valence-electron chi connectivity index (χ4n) is 1.38. The summed E-state index contributed by atoms with van der Waals surface area (Å²) in [7, 11) is -3.39. The Labute approximate surface area is 109 Å². The molecule has 0 aliphatic heterocycles. The van der Waals surface area contributed by atoms with Crippen molar-refractivity contribution in [3.8, 4) is 0 Å². The summed E-state index contributed by atoms with van der Waals surface area (Å²) in [6.07, 6.45) is 1.42. The van der Waals surface area contributed by atoms with E-state index in [0.29, 0.717) is 9.88 Å². The zero-order chi connectivity index (χ0) is 13.2. The van der Waals surface area contributed by atoms with Crippen molar-refractivity contribution in [2.24, 2.45) is 5.73 Å². The number of rotatable bonds is 4. The Morgan fingerprint density at radius 2 is 2.00 bits per heavy atom. The van der Waals surface area contributed by atoms with Gasteiger partial charge in [0.2, 0.25) is 0 Å². The van der Waals surface area contributed by atoms with Crippen LogP contribution in [0.2, 0.25) is 0 Å². The first kappa shape index (κ1) is 12.7. The third-order valence-electron chi connectivity index (χ3n) is 2.23. The maximum atomic E-state index is 12.1. The second-order valence-corrected chi connectivity index (χ2v) is 6.71. The zero-order valence-corrected chi connectivity index (χ0v) is 11.0. The second-order valence-electron chi connectivity index (χ2n) is 3.60. The Bertz CT molecular complexity index is 663. The number of nitrogens with one attached hydrogen (secondary N) is 1. The lowest BCUT2D eigenvalue weighted by atomic mass is 10.4. The SMILES string of the molecule is N=C(N)c1cnc(CS(=O)(=O)c2ccccc2)s1. The summed E-state index contributed by atoms with van der Waals surface area (Å²) < 4.78 is 24.1. The molecule has 1 aromatic heterocycles. The van der Waals surface area contributed by atoms with E-state index in [1.165, 1.54) is 6.20 Å². The fraction of sp³-hybridized carbons (Fsp3) is 0.0909. The third kappa shape index (κ3) is 2.74. The maximum Gasteiger partial charge on any atom is 0.184 e. The van der Waals surface area contributed by atoms with Crippen LogP contribution in [0.3, 0.4) is 0 Å². The molecule has 7 heteroatoms. The van der Waals surface area contributed by atoms with Gasteiger partial charge in [-0.2, -0.15) is 0 Å². The molecule has 0 saturated heterocycles. The van der Waals surface area contributed by atoms with Crippen molar-refractivity contribution in [3.05, 3.63) is 46.4 Å². The lowest BCUT2D eigenvalue weighted by molar-refractivity contribution is 0.595. The highest BCUT2D eigenvalue weighted by Gasteiger charge is 2.17. The molecular formula is C11H11N3O2S2. The largest absolute Gasteiger partial charge is 0.383 e. The van der Waals surface area contributed by atoms with E-state index in [4.69, 9.17) is 11.1 Å². The number of sulfone groups is 1. The Morgan fingerprint density at radius 1 is 1.33 bits per heavy atom. The molecule has 0 atom stereocenters. The third-order valence-corrected chi connectivity index (χ3v) is 5.09. The highest BCUT2D eigenvalue weighted by atomic mass is 32.2. The molecule has 0 unspecified atom stereocenters. The van der Waals surface area contributed by atoms with Gasteiger partial charge in [0.1, 0.15) is 16.6 Å². The second kappa shape index (κ2) is 4.87. The lowest BCUT2D eigenvalue weighted by Crippen LogP contribution is -2.08. The highest BCUT2D eigenvalue weighted by molar-refractivity contribution is 7.90. The van der Waals surface area contributed by atoms with Crippen LogP contribution in [0.1, 0.15) is 9.88 Å². The standard InChI is InChI=1S/C11H11N3O2S2/c12-11(13)9-6-14-10(17-9)7-18(15,16)8-4-2-1-3-5-8/h1-6H,7H2,(H3,12,13). The summed E-state index contributed by atoms with van der Waals surface area (Å²) in [6.45, 7) is 0. The molecule has 5 nitrogen and oxygen atoms in total. The molecule has 1 heterocycles. The van der Waals surface area contributed by atoms with Crippen molar-refractivity contribution in [1.82, 2.24) is 4.98 Å². The smallest absolute Gasteiger partial charge is 0.184 e. The molecule has 1 aromatic carbocycles. The Balaban J connectivity index is 2.25. The summed E-state index contributed by atoms with van der Waals surface area (Å²) in [5.41, 5.74) is 5.31. The van der Waals surface area contributed by atoms with Gasteiger partial charge >= 0.3 is 0 Å². The Kier molecular flexibility index (Phi) is 3.44. The van der Waals surface area contributed by atoms with Gasteiger partial charge in [0, 0.05) is 6.20 Å². The van der Waals surface area contributed by atoms with Gasteiger partial charge in [-0.15, -0.1) is 11.3 Å². The van der Waals surface area contributed by atoms with Crippen LogP contribution in [-0.4, -0.2) is 19.2 Å². The average molecular weight is 281 g/mol. The normalized spacial score (nSPS) is 11.3. The Morgan fingerprint density at radius 3 is 2.56 bits per heavy atom. The molecule has 0 fully saturated rings. The Hall–Kier alpha value is -1.73. The molecular weight excluding hydrogens is 270 g/mol. The van der Waals surface area contributed by atoms with E-state index in [2.05, 4.69) is 4.98 Å². The van der Waals surface area contributed by atoms with Crippen molar-refractivity contribution in [1.29, 1.82) is 5.41 Å². The molecule has 3 N–H and O–H groups in total. The molecule has 0 spiro atoms. The van der Waals surface area contributed by atoms with Gasteiger partial charge in [0.05, 0.1) is 9.77 Å². The van der Waals surface area contributed by atoms with E-state index in [1.807, 2.05) is 0 Å². The zero-order valence-electron chi connectivity index (χ0n) is 9.33. The number of amidine groups is 1. The van der Waals surface area contributed by atoms with Crippen LogP contribution in [0.25, 0.3) is 0 Å². The van der Waals surface area contributed by atoms with Crippen LogP contribution in [0.5, 0.6) is 0 Å². The molecule has 0 amide bonds. The van der Waals surface area contributed by atoms with Gasteiger partial charge in [0.15, 0.2) is 9.84 Å². The van der Waals surface area contributed by atoms with Crippen LogP contribution in [0, 0.1) is 5.41 Å². The van der Waals surface area contributed by atoms with Crippen LogP contribution in [0.15, 0.2) is 41.4 Å². The minimum Gasteiger partial charge on any atom is -0.383 e. The molecule has 0 aliphatic rings. The van der Waals surface area contributed by atoms with E-state index in [9.17, 15) is 8.42 Å². The van der Waals surface area contributed by atoms with Crippen molar-refractivity contribution in [2.75, 3.05) is 0 Å². The first-order valence-corrected chi connectivity index (χ1v) is 7.53. The minimum absolute atomic E-state index is 0.101. The monoisotopic (exact) mass is 281 g/mol. The first-order chi connectivity index (χ1) is 8.49. The number of thiazole rings is 1. The first-order valence-electron chi connectivity index (χ1n) is 5.06. The predicted octanol–water partition coefficient (Wildman–Crippen LogP) is 1.40. The van der Waals surface area contributed by atoms with Gasteiger partial charge in [0.25, 0.3) is 0 Å². The quantitative estimate of drug-likeness (QED) is 0.654. The molecule has 18 heavy (non-hydrogen) atoms. The van der Waals surface area contributed by atoms with Crippen LogP contribution >= 0.6 is 11.3 Å². The van der Waals surface area contributed by atoms with Crippen LogP contribution < -0.4 is 5.73 Å². The van der Waals surface area contributed by atoms with Gasteiger partial charge < -0.3 is 5.73 Å². The summed E-state index contributed by atoms with van der Waals surface area (Å²) in [5, 5.41) is 7.68. The molecule has 0 aliphatic carbocycles. The molecule has 0 bridgehead atoms.